The van der Waals surface area contributed by atoms with Crippen LogP contribution in [0.4, 0.5) is 5.69 Å². The van der Waals surface area contributed by atoms with E-state index < -0.39 is 0 Å². The first kappa shape index (κ1) is 13.0. The van der Waals surface area contributed by atoms with Gasteiger partial charge in [-0.1, -0.05) is 0 Å². The third-order valence-corrected chi connectivity index (χ3v) is 5.20. The largest absolute Gasteiger partial charge is 0.307 e. The fraction of sp³-hybridized carbons (Fsp3) is 0.375. The van der Waals surface area contributed by atoms with Crippen molar-refractivity contribution in [3.63, 3.8) is 0 Å². The predicted octanol–water partition coefficient (Wildman–Crippen LogP) is 2.52. The number of hydrogen-bond donors (Lipinski definition) is 0. The molecule has 0 aliphatic carbocycles. The highest BCUT2D eigenvalue weighted by atomic mass is 32.1. The molecule has 108 valence electrons. The van der Waals surface area contributed by atoms with Crippen LogP contribution in [0.2, 0.25) is 0 Å². The molecule has 0 radical (unpaired) electrons. The van der Waals surface area contributed by atoms with Gasteiger partial charge in [-0.15, -0.1) is 0 Å². The second kappa shape index (κ2) is 5.24. The van der Waals surface area contributed by atoms with E-state index >= 15 is 0 Å². The van der Waals surface area contributed by atoms with Gasteiger partial charge in [0.1, 0.15) is 0 Å². The first-order valence-electron chi connectivity index (χ1n) is 7.30. The maximum absolute atomic E-state index is 12.4. The van der Waals surface area contributed by atoms with Crippen molar-refractivity contribution in [2.45, 2.75) is 31.5 Å². The number of hydrogen-bond acceptors (Lipinski definition) is 4. The lowest BCUT2D eigenvalue weighted by Gasteiger charge is -2.24. The van der Waals surface area contributed by atoms with Crippen LogP contribution in [0.25, 0.3) is 0 Å². The highest BCUT2D eigenvalue weighted by molar-refractivity contribution is 7.08. The van der Waals surface area contributed by atoms with Gasteiger partial charge in [-0.05, 0) is 35.6 Å². The molecule has 0 bridgehead atoms. The third-order valence-electron chi connectivity index (χ3n) is 4.53. The SMILES string of the molecule is O=C1C[C@@H]2[C@H](CCN2Cc2ccncc2)N1c1ccsc1. The summed E-state index contributed by atoms with van der Waals surface area (Å²) >= 11 is 1.65. The average molecular weight is 299 g/mol. The number of pyridine rings is 1. The summed E-state index contributed by atoms with van der Waals surface area (Å²) in [5, 5.41) is 4.12. The van der Waals surface area contributed by atoms with Gasteiger partial charge in [0.05, 0.1) is 11.7 Å². The zero-order valence-corrected chi connectivity index (χ0v) is 12.5. The van der Waals surface area contributed by atoms with Crippen molar-refractivity contribution in [1.29, 1.82) is 0 Å². The number of amides is 1. The first-order valence-corrected chi connectivity index (χ1v) is 8.24. The van der Waals surface area contributed by atoms with Crippen molar-refractivity contribution in [2.24, 2.45) is 0 Å². The van der Waals surface area contributed by atoms with Gasteiger partial charge in [-0.25, -0.2) is 0 Å². The molecule has 2 aromatic heterocycles. The smallest absolute Gasteiger partial charge is 0.228 e. The Labute approximate surface area is 128 Å². The van der Waals surface area contributed by atoms with Gasteiger partial charge in [0.15, 0.2) is 0 Å². The van der Waals surface area contributed by atoms with E-state index in [-0.39, 0.29) is 5.91 Å². The van der Waals surface area contributed by atoms with E-state index in [1.165, 1.54) is 5.56 Å². The summed E-state index contributed by atoms with van der Waals surface area (Å²) in [6.45, 7) is 1.97. The minimum Gasteiger partial charge on any atom is -0.307 e. The normalized spacial score (nSPS) is 25.5. The maximum Gasteiger partial charge on any atom is 0.228 e. The van der Waals surface area contributed by atoms with Crippen LogP contribution in [0.3, 0.4) is 0 Å². The van der Waals surface area contributed by atoms with Crippen molar-refractivity contribution in [2.75, 3.05) is 11.4 Å². The van der Waals surface area contributed by atoms with Crippen LogP contribution >= 0.6 is 11.3 Å². The molecule has 2 aromatic rings. The highest BCUT2D eigenvalue weighted by Gasteiger charge is 2.47. The van der Waals surface area contributed by atoms with Crippen molar-refractivity contribution in [3.8, 4) is 0 Å². The monoisotopic (exact) mass is 299 g/mol. The number of thiophene rings is 1. The summed E-state index contributed by atoms with van der Waals surface area (Å²) in [4.78, 5) is 20.9. The molecule has 0 spiro atoms. The van der Waals surface area contributed by atoms with Gasteiger partial charge in [-0.2, -0.15) is 11.3 Å². The van der Waals surface area contributed by atoms with Gasteiger partial charge in [-0.3, -0.25) is 14.7 Å². The molecular weight excluding hydrogens is 282 g/mol. The van der Waals surface area contributed by atoms with E-state index in [9.17, 15) is 4.79 Å². The molecule has 0 aromatic carbocycles. The molecular formula is C16H17N3OS. The summed E-state index contributed by atoms with van der Waals surface area (Å²) in [6.07, 6.45) is 5.38. The standard InChI is InChI=1S/C16H17N3OS/c20-16-9-15-14(19(16)13-4-8-21-11-13)3-7-18(15)10-12-1-5-17-6-2-12/h1-2,4-6,8,11,14-15H,3,7,9-10H2/t14-,15+/m0/s1. The van der Waals surface area contributed by atoms with Crippen LogP contribution < -0.4 is 4.90 Å². The predicted molar refractivity (Wildman–Crippen MR) is 83.3 cm³/mol. The van der Waals surface area contributed by atoms with E-state index in [1.807, 2.05) is 22.7 Å². The summed E-state index contributed by atoms with van der Waals surface area (Å²) in [7, 11) is 0. The third kappa shape index (κ3) is 2.26. The summed E-state index contributed by atoms with van der Waals surface area (Å²) in [6, 6.07) is 6.86. The van der Waals surface area contributed by atoms with Crippen LogP contribution in [0.15, 0.2) is 41.4 Å². The molecule has 4 nitrogen and oxygen atoms in total. The average Bonchev–Trinajstić information content (AvgIpc) is 3.19. The molecule has 2 saturated heterocycles. The molecule has 1 amide bonds. The van der Waals surface area contributed by atoms with E-state index in [0.29, 0.717) is 18.5 Å². The number of carbonyl (C=O) groups excluding carboxylic acids is 1. The zero-order chi connectivity index (χ0) is 14.2. The molecule has 2 aliphatic heterocycles. The first-order chi connectivity index (χ1) is 10.3. The van der Waals surface area contributed by atoms with Crippen molar-refractivity contribution in [3.05, 3.63) is 46.9 Å². The van der Waals surface area contributed by atoms with Gasteiger partial charge < -0.3 is 4.90 Å². The Morgan fingerprint density at radius 3 is 2.86 bits per heavy atom. The van der Waals surface area contributed by atoms with Gasteiger partial charge >= 0.3 is 0 Å². The summed E-state index contributed by atoms with van der Waals surface area (Å²) in [5.74, 6) is 0.267. The molecule has 0 N–H and O–H groups in total. The molecule has 2 fully saturated rings. The number of nitrogens with zero attached hydrogens (tertiary/aromatic N) is 3. The number of rotatable bonds is 3. The highest BCUT2D eigenvalue weighted by Crippen LogP contribution is 2.37. The number of aromatic nitrogens is 1. The van der Waals surface area contributed by atoms with Gasteiger partial charge in [0.25, 0.3) is 0 Å². The second-order valence-corrected chi connectivity index (χ2v) is 6.48. The van der Waals surface area contributed by atoms with E-state index in [0.717, 1.165) is 25.2 Å². The van der Waals surface area contributed by atoms with Crippen molar-refractivity contribution in [1.82, 2.24) is 9.88 Å². The quantitative estimate of drug-likeness (QED) is 0.874. The fourth-order valence-electron chi connectivity index (χ4n) is 3.58. The second-order valence-electron chi connectivity index (χ2n) is 5.70. The molecule has 0 unspecified atom stereocenters. The lowest BCUT2D eigenvalue weighted by molar-refractivity contribution is -0.117. The Bertz CT molecular complexity index is 628. The van der Waals surface area contributed by atoms with Gasteiger partial charge in [0, 0.05) is 43.3 Å². The summed E-state index contributed by atoms with van der Waals surface area (Å²) in [5.41, 5.74) is 2.34. The minimum atomic E-state index is 0.267. The van der Waals surface area contributed by atoms with Crippen LogP contribution in [0.1, 0.15) is 18.4 Å². The van der Waals surface area contributed by atoms with E-state index in [2.05, 4.69) is 33.5 Å². The Hall–Kier alpha value is -1.72. The van der Waals surface area contributed by atoms with Crippen LogP contribution in [0, 0.1) is 0 Å². The number of likely N-dealkylation sites (tertiary alicyclic amines) is 1. The zero-order valence-electron chi connectivity index (χ0n) is 11.7. The Balaban J connectivity index is 1.54. The van der Waals surface area contributed by atoms with Crippen LogP contribution in [0.5, 0.6) is 0 Å². The number of anilines is 1. The van der Waals surface area contributed by atoms with E-state index in [1.54, 1.807) is 11.3 Å². The van der Waals surface area contributed by atoms with E-state index in [4.69, 9.17) is 0 Å². The molecule has 0 saturated carbocycles. The number of fused-ring (bicyclic) bond motifs is 1. The molecule has 4 heterocycles. The minimum absolute atomic E-state index is 0.267. The topological polar surface area (TPSA) is 36.4 Å². The Morgan fingerprint density at radius 2 is 2.10 bits per heavy atom. The van der Waals surface area contributed by atoms with Gasteiger partial charge in [0.2, 0.25) is 5.91 Å². The summed E-state index contributed by atoms with van der Waals surface area (Å²) < 4.78 is 0. The lowest BCUT2D eigenvalue weighted by Crippen LogP contribution is -2.36. The molecule has 2 atom stereocenters. The maximum atomic E-state index is 12.4. The molecule has 4 rings (SSSR count). The Kier molecular flexibility index (Phi) is 3.24. The molecule has 5 heteroatoms. The Morgan fingerprint density at radius 1 is 1.24 bits per heavy atom. The molecule has 2 aliphatic rings. The lowest BCUT2D eigenvalue weighted by atomic mass is 10.1. The molecule has 21 heavy (non-hydrogen) atoms. The van der Waals surface area contributed by atoms with Crippen LogP contribution in [-0.4, -0.2) is 34.4 Å². The van der Waals surface area contributed by atoms with Crippen LogP contribution in [-0.2, 0) is 11.3 Å². The fourth-order valence-corrected chi connectivity index (χ4v) is 4.21. The van der Waals surface area contributed by atoms with Crippen molar-refractivity contribution >= 4 is 22.9 Å². The number of carbonyl (C=O) groups is 1. The van der Waals surface area contributed by atoms with Crippen molar-refractivity contribution < 1.29 is 4.79 Å².